The summed E-state index contributed by atoms with van der Waals surface area (Å²) in [4.78, 5) is 11.1. The van der Waals surface area contributed by atoms with E-state index >= 15 is 0 Å². The van der Waals surface area contributed by atoms with Crippen molar-refractivity contribution >= 4 is 5.97 Å². The quantitative estimate of drug-likeness (QED) is 0.606. The van der Waals surface area contributed by atoms with Gasteiger partial charge in [-0.15, -0.1) is 0 Å². The van der Waals surface area contributed by atoms with Crippen molar-refractivity contribution in [2.24, 2.45) is 11.7 Å². The first-order valence-electron chi connectivity index (χ1n) is 4.25. The fourth-order valence-corrected chi connectivity index (χ4v) is 1.27. The SMILES string of the molecule is CCOC(=O)[C@@H](N)[C@H]1CCOC1. The van der Waals surface area contributed by atoms with Crippen LogP contribution in [0, 0.1) is 5.92 Å². The first kappa shape index (κ1) is 9.48. The highest BCUT2D eigenvalue weighted by Crippen LogP contribution is 2.15. The van der Waals surface area contributed by atoms with E-state index < -0.39 is 6.04 Å². The Labute approximate surface area is 72.0 Å². The highest BCUT2D eigenvalue weighted by atomic mass is 16.5. The van der Waals surface area contributed by atoms with Gasteiger partial charge >= 0.3 is 5.97 Å². The number of esters is 1. The Morgan fingerprint density at radius 2 is 2.58 bits per heavy atom. The molecule has 1 aliphatic heterocycles. The summed E-state index contributed by atoms with van der Waals surface area (Å²) in [6.45, 7) is 3.45. The summed E-state index contributed by atoms with van der Waals surface area (Å²) in [5.41, 5.74) is 5.65. The van der Waals surface area contributed by atoms with Crippen LogP contribution in [0.4, 0.5) is 0 Å². The third kappa shape index (κ3) is 2.19. The smallest absolute Gasteiger partial charge is 0.323 e. The van der Waals surface area contributed by atoms with E-state index in [4.69, 9.17) is 15.2 Å². The summed E-state index contributed by atoms with van der Waals surface area (Å²) in [5, 5.41) is 0. The Hall–Kier alpha value is -0.610. The molecule has 0 radical (unpaired) electrons. The van der Waals surface area contributed by atoms with Gasteiger partial charge in [-0.3, -0.25) is 4.79 Å². The van der Waals surface area contributed by atoms with Crippen molar-refractivity contribution < 1.29 is 14.3 Å². The molecule has 2 N–H and O–H groups in total. The van der Waals surface area contributed by atoms with E-state index in [2.05, 4.69) is 0 Å². The molecule has 0 aliphatic carbocycles. The summed E-state index contributed by atoms with van der Waals surface area (Å²) in [6.07, 6.45) is 0.861. The second-order valence-corrected chi connectivity index (χ2v) is 2.90. The van der Waals surface area contributed by atoms with Crippen LogP contribution >= 0.6 is 0 Å². The number of nitrogens with two attached hydrogens (primary N) is 1. The molecule has 1 saturated heterocycles. The van der Waals surface area contributed by atoms with Crippen molar-refractivity contribution in [2.75, 3.05) is 19.8 Å². The Morgan fingerprint density at radius 3 is 3.08 bits per heavy atom. The zero-order valence-corrected chi connectivity index (χ0v) is 7.29. The van der Waals surface area contributed by atoms with Crippen LogP contribution in [-0.4, -0.2) is 31.8 Å². The molecular formula is C8H15NO3. The van der Waals surface area contributed by atoms with Crippen molar-refractivity contribution in [1.29, 1.82) is 0 Å². The lowest BCUT2D eigenvalue weighted by molar-refractivity contribution is -0.146. The molecule has 0 unspecified atom stereocenters. The van der Waals surface area contributed by atoms with Crippen molar-refractivity contribution in [3.05, 3.63) is 0 Å². The highest BCUT2D eigenvalue weighted by molar-refractivity contribution is 5.75. The van der Waals surface area contributed by atoms with Crippen LogP contribution in [0.1, 0.15) is 13.3 Å². The normalized spacial score (nSPS) is 25.3. The topological polar surface area (TPSA) is 61.5 Å². The van der Waals surface area contributed by atoms with Gasteiger partial charge in [-0.1, -0.05) is 0 Å². The summed E-state index contributed by atoms with van der Waals surface area (Å²) in [6, 6.07) is -0.507. The van der Waals surface area contributed by atoms with Gasteiger partial charge in [0, 0.05) is 12.5 Å². The van der Waals surface area contributed by atoms with Gasteiger partial charge in [-0.2, -0.15) is 0 Å². The van der Waals surface area contributed by atoms with E-state index in [1.165, 1.54) is 0 Å². The van der Waals surface area contributed by atoms with Crippen molar-refractivity contribution in [3.8, 4) is 0 Å². The molecule has 1 heterocycles. The average molecular weight is 173 g/mol. The molecule has 4 heteroatoms. The Morgan fingerprint density at radius 1 is 1.83 bits per heavy atom. The number of hydrogen-bond acceptors (Lipinski definition) is 4. The molecule has 4 nitrogen and oxygen atoms in total. The third-order valence-electron chi connectivity index (χ3n) is 2.03. The highest BCUT2D eigenvalue weighted by Gasteiger charge is 2.28. The Bertz CT molecular complexity index is 154. The summed E-state index contributed by atoms with van der Waals surface area (Å²) >= 11 is 0. The molecule has 0 saturated carbocycles. The molecule has 1 aliphatic rings. The van der Waals surface area contributed by atoms with Crippen LogP contribution in [0.15, 0.2) is 0 Å². The van der Waals surface area contributed by atoms with Gasteiger partial charge in [0.25, 0.3) is 0 Å². The predicted octanol–water partition coefficient (Wildman–Crippen LogP) is -0.0867. The van der Waals surface area contributed by atoms with Gasteiger partial charge in [0.1, 0.15) is 6.04 Å². The fraction of sp³-hybridized carbons (Fsp3) is 0.875. The van der Waals surface area contributed by atoms with Crippen molar-refractivity contribution in [2.45, 2.75) is 19.4 Å². The van der Waals surface area contributed by atoms with E-state index in [1.807, 2.05) is 0 Å². The number of carbonyl (C=O) groups excluding carboxylic acids is 1. The van der Waals surface area contributed by atoms with E-state index in [1.54, 1.807) is 6.92 Å². The molecule has 70 valence electrons. The minimum atomic E-state index is -0.507. The van der Waals surface area contributed by atoms with Gasteiger partial charge in [-0.25, -0.2) is 0 Å². The Kier molecular flexibility index (Phi) is 3.49. The molecule has 12 heavy (non-hydrogen) atoms. The maximum atomic E-state index is 11.1. The lowest BCUT2D eigenvalue weighted by Gasteiger charge is -2.15. The summed E-state index contributed by atoms with van der Waals surface area (Å²) in [5.74, 6) is -0.169. The van der Waals surface area contributed by atoms with Crippen molar-refractivity contribution in [1.82, 2.24) is 0 Å². The average Bonchev–Trinajstić information content (AvgIpc) is 2.55. The van der Waals surface area contributed by atoms with Crippen molar-refractivity contribution in [3.63, 3.8) is 0 Å². The third-order valence-corrected chi connectivity index (χ3v) is 2.03. The molecular weight excluding hydrogens is 158 g/mol. The molecule has 2 atom stereocenters. The van der Waals surface area contributed by atoms with Crippen LogP contribution < -0.4 is 5.73 Å². The van der Waals surface area contributed by atoms with Crippen LogP contribution in [0.3, 0.4) is 0 Å². The zero-order valence-electron chi connectivity index (χ0n) is 7.29. The minimum Gasteiger partial charge on any atom is -0.465 e. The molecule has 0 aromatic rings. The molecule has 0 spiro atoms. The lowest BCUT2D eigenvalue weighted by atomic mass is 10.0. The second-order valence-electron chi connectivity index (χ2n) is 2.90. The van der Waals surface area contributed by atoms with E-state index in [-0.39, 0.29) is 11.9 Å². The molecule has 0 aromatic heterocycles. The van der Waals surface area contributed by atoms with Crippen LogP contribution in [-0.2, 0) is 14.3 Å². The van der Waals surface area contributed by atoms with E-state index in [0.717, 1.165) is 6.42 Å². The molecule has 0 aromatic carbocycles. The molecule has 0 amide bonds. The zero-order chi connectivity index (χ0) is 8.97. The maximum absolute atomic E-state index is 11.1. The van der Waals surface area contributed by atoms with Crippen LogP contribution in [0.2, 0.25) is 0 Å². The molecule has 1 fully saturated rings. The number of ether oxygens (including phenoxy) is 2. The maximum Gasteiger partial charge on any atom is 0.323 e. The Balaban J connectivity index is 2.34. The molecule has 1 rings (SSSR count). The number of hydrogen-bond donors (Lipinski definition) is 1. The largest absolute Gasteiger partial charge is 0.465 e. The first-order chi connectivity index (χ1) is 5.75. The van der Waals surface area contributed by atoms with E-state index in [0.29, 0.717) is 19.8 Å². The van der Waals surface area contributed by atoms with Crippen LogP contribution in [0.5, 0.6) is 0 Å². The standard InChI is InChI=1S/C8H15NO3/c1-2-12-8(10)7(9)6-3-4-11-5-6/h6-7H,2-5,9H2,1H3/t6-,7-/m0/s1. The first-order valence-corrected chi connectivity index (χ1v) is 4.25. The van der Waals surface area contributed by atoms with E-state index in [9.17, 15) is 4.79 Å². The van der Waals surface area contributed by atoms with Gasteiger partial charge in [0.2, 0.25) is 0 Å². The number of rotatable bonds is 3. The monoisotopic (exact) mass is 173 g/mol. The van der Waals surface area contributed by atoms with Gasteiger partial charge < -0.3 is 15.2 Å². The predicted molar refractivity (Wildman–Crippen MR) is 43.5 cm³/mol. The van der Waals surface area contributed by atoms with Gasteiger partial charge in [0.15, 0.2) is 0 Å². The van der Waals surface area contributed by atoms with Gasteiger partial charge in [-0.05, 0) is 13.3 Å². The molecule has 0 bridgehead atoms. The van der Waals surface area contributed by atoms with Crippen LogP contribution in [0.25, 0.3) is 0 Å². The minimum absolute atomic E-state index is 0.143. The second kappa shape index (κ2) is 4.42. The van der Waals surface area contributed by atoms with Gasteiger partial charge in [0.05, 0.1) is 13.2 Å². The summed E-state index contributed by atoms with van der Waals surface area (Å²) < 4.78 is 9.92. The number of carbonyl (C=O) groups is 1. The lowest BCUT2D eigenvalue weighted by Crippen LogP contribution is -2.39. The summed E-state index contributed by atoms with van der Waals surface area (Å²) in [7, 11) is 0. The fourth-order valence-electron chi connectivity index (χ4n) is 1.27.